The van der Waals surface area contributed by atoms with Gasteiger partial charge in [0.25, 0.3) is 0 Å². The van der Waals surface area contributed by atoms with Crippen molar-refractivity contribution in [3.8, 4) is 0 Å². The number of rotatable bonds is 1. The molecule has 0 aliphatic heterocycles. The van der Waals surface area contributed by atoms with Crippen LogP contribution in [0.1, 0.15) is 38.7 Å². The van der Waals surface area contributed by atoms with Crippen LogP contribution in [0.2, 0.25) is 5.02 Å². The Morgan fingerprint density at radius 1 is 1.25 bits per heavy atom. The molecule has 1 aromatic carbocycles. The number of hydrogen-bond acceptors (Lipinski definition) is 1. The first kappa shape index (κ1) is 11.9. The highest BCUT2D eigenvalue weighted by atomic mass is 35.5. The molecule has 0 radical (unpaired) electrons. The van der Waals surface area contributed by atoms with E-state index >= 15 is 0 Å². The summed E-state index contributed by atoms with van der Waals surface area (Å²) in [6.45, 7) is 4.43. The van der Waals surface area contributed by atoms with Gasteiger partial charge in [0.2, 0.25) is 0 Å². The fourth-order valence-electron chi connectivity index (χ4n) is 3.10. The number of aliphatic hydroxyl groups is 1. The third kappa shape index (κ3) is 2.41. The predicted octanol–water partition coefficient (Wildman–Crippen LogP) is 3.98. The summed E-state index contributed by atoms with van der Waals surface area (Å²) in [5.41, 5.74) is 0.292. The second-order valence-electron chi connectivity index (χ2n) is 5.40. The molecule has 1 nitrogen and oxygen atoms in total. The summed E-state index contributed by atoms with van der Waals surface area (Å²) in [5, 5.41) is 11.5. The van der Waals surface area contributed by atoms with Crippen molar-refractivity contribution in [1.29, 1.82) is 0 Å². The largest absolute Gasteiger partial charge is 0.385 e. The summed E-state index contributed by atoms with van der Waals surface area (Å²) in [5.74, 6) is 1.15. The first-order chi connectivity index (χ1) is 7.49. The van der Waals surface area contributed by atoms with Crippen molar-refractivity contribution >= 4 is 11.6 Å². The molecule has 2 atom stereocenters. The summed E-state index contributed by atoms with van der Waals surface area (Å²) in [6.07, 6.45) is 2.90. The van der Waals surface area contributed by atoms with Gasteiger partial charge < -0.3 is 5.11 Å². The van der Waals surface area contributed by atoms with Crippen molar-refractivity contribution in [3.63, 3.8) is 0 Å². The van der Waals surface area contributed by atoms with Gasteiger partial charge in [-0.1, -0.05) is 37.6 Å². The summed E-state index contributed by atoms with van der Waals surface area (Å²) < 4.78 is 0. The van der Waals surface area contributed by atoms with Crippen molar-refractivity contribution in [2.24, 2.45) is 11.8 Å². The molecule has 1 fully saturated rings. The molecule has 1 aromatic rings. The molecule has 0 amide bonds. The van der Waals surface area contributed by atoms with Crippen LogP contribution < -0.4 is 0 Å². The molecule has 1 aliphatic carbocycles. The van der Waals surface area contributed by atoms with Crippen LogP contribution in [0.25, 0.3) is 0 Å². The monoisotopic (exact) mass is 238 g/mol. The summed E-state index contributed by atoms with van der Waals surface area (Å²) >= 11 is 5.99. The van der Waals surface area contributed by atoms with Crippen LogP contribution in [-0.4, -0.2) is 5.11 Å². The average molecular weight is 239 g/mol. The van der Waals surface area contributed by atoms with Crippen LogP contribution in [0, 0.1) is 11.8 Å². The Hall–Kier alpha value is -0.530. The number of halogens is 1. The van der Waals surface area contributed by atoms with E-state index in [1.54, 1.807) is 0 Å². The Balaban J connectivity index is 2.30. The topological polar surface area (TPSA) is 20.2 Å². The normalized spacial score (nSPS) is 35.0. The van der Waals surface area contributed by atoms with Crippen molar-refractivity contribution < 1.29 is 5.11 Å². The van der Waals surface area contributed by atoms with Crippen molar-refractivity contribution in [1.82, 2.24) is 0 Å². The lowest BCUT2D eigenvalue weighted by atomic mass is 9.71. The van der Waals surface area contributed by atoms with Crippen LogP contribution in [0.15, 0.2) is 24.3 Å². The second kappa shape index (κ2) is 4.38. The third-order valence-corrected chi connectivity index (χ3v) is 3.77. The molecule has 0 bridgehead atoms. The van der Waals surface area contributed by atoms with Gasteiger partial charge in [-0.15, -0.1) is 0 Å². The van der Waals surface area contributed by atoms with Gasteiger partial charge in [0, 0.05) is 5.02 Å². The summed E-state index contributed by atoms with van der Waals surface area (Å²) in [6, 6.07) is 7.65. The lowest BCUT2D eigenvalue weighted by Crippen LogP contribution is -2.35. The molecule has 1 aliphatic rings. The first-order valence-corrected chi connectivity index (χ1v) is 6.36. The molecule has 0 aromatic heterocycles. The van der Waals surface area contributed by atoms with Crippen LogP contribution in [-0.2, 0) is 5.60 Å². The number of benzene rings is 1. The highest BCUT2D eigenvalue weighted by molar-refractivity contribution is 6.30. The molecular formula is C14H19ClO. The Bertz CT molecular complexity index is 365. The lowest BCUT2D eigenvalue weighted by molar-refractivity contribution is -0.0362. The van der Waals surface area contributed by atoms with Gasteiger partial charge in [-0.05, 0) is 48.8 Å². The minimum Gasteiger partial charge on any atom is -0.385 e. The fourth-order valence-corrected chi connectivity index (χ4v) is 3.29. The fraction of sp³-hybridized carbons (Fsp3) is 0.571. The minimum atomic E-state index is -0.679. The van der Waals surface area contributed by atoms with E-state index in [9.17, 15) is 5.11 Å². The summed E-state index contributed by atoms with van der Waals surface area (Å²) in [7, 11) is 0. The molecule has 88 valence electrons. The highest BCUT2D eigenvalue weighted by Gasteiger charge is 2.37. The van der Waals surface area contributed by atoms with Gasteiger partial charge in [-0.3, -0.25) is 0 Å². The number of hydrogen-bond donors (Lipinski definition) is 1. The van der Waals surface area contributed by atoms with E-state index in [0.717, 1.165) is 18.4 Å². The Morgan fingerprint density at radius 3 is 2.44 bits per heavy atom. The van der Waals surface area contributed by atoms with E-state index in [0.29, 0.717) is 16.9 Å². The van der Waals surface area contributed by atoms with E-state index in [-0.39, 0.29) is 0 Å². The van der Waals surface area contributed by atoms with E-state index in [1.165, 1.54) is 6.42 Å². The Morgan fingerprint density at radius 2 is 1.88 bits per heavy atom. The van der Waals surface area contributed by atoms with Gasteiger partial charge in [-0.25, -0.2) is 0 Å². The molecule has 2 rings (SSSR count). The zero-order chi connectivity index (χ0) is 11.8. The Kier molecular flexibility index (Phi) is 3.27. The quantitative estimate of drug-likeness (QED) is 0.785. The van der Waals surface area contributed by atoms with E-state index in [4.69, 9.17) is 11.6 Å². The second-order valence-corrected chi connectivity index (χ2v) is 5.83. The molecule has 2 unspecified atom stereocenters. The zero-order valence-electron chi connectivity index (χ0n) is 9.91. The first-order valence-electron chi connectivity index (χ1n) is 5.98. The SMILES string of the molecule is CC1CC(C)CC(O)(c2cccc(Cl)c2)C1. The predicted molar refractivity (Wildman–Crippen MR) is 67.5 cm³/mol. The van der Waals surface area contributed by atoms with Crippen LogP contribution in [0.5, 0.6) is 0 Å². The molecule has 0 saturated heterocycles. The lowest BCUT2D eigenvalue weighted by Gasteiger charge is -2.39. The van der Waals surface area contributed by atoms with Gasteiger partial charge >= 0.3 is 0 Å². The van der Waals surface area contributed by atoms with Crippen molar-refractivity contribution in [2.45, 2.75) is 38.7 Å². The van der Waals surface area contributed by atoms with Gasteiger partial charge in [0.1, 0.15) is 0 Å². The molecule has 0 spiro atoms. The molecular weight excluding hydrogens is 220 g/mol. The third-order valence-electron chi connectivity index (χ3n) is 3.54. The van der Waals surface area contributed by atoms with Crippen LogP contribution in [0.3, 0.4) is 0 Å². The maximum Gasteiger partial charge on any atom is 0.0902 e. The molecule has 0 heterocycles. The van der Waals surface area contributed by atoms with Crippen molar-refractivity contribution in [2.75, 3.05) is 0 Å². The van der Waals surface area contributed by atoms with Gasteiger partial charge in [-0.2, -0.15) is 0 Å². The Labute approximate surface area is 102 Å². The van der Waals surface area contributed by atoms with Crippen LogP contribution >= 0.6 is 11.6 Å². The van der Waals surface area contributed by atoms with E-state index in [1.807, 2.05) is 24.3 Å². The van der Waals surface area contributed by atoms with E-state index < -0.39 is 5.60 Å². The highest BCUT2D eigenvalue weighted by Crippen LogP contribution is 2.42. The van der Waals surface area contributed by atoms with Gasteiger partial charge in [0.05, 0.1) is 5.60 Å². The molecule has 2 heteroatoms. The van der Waals surface area contributed by atoms with Crippen molar-refractivity contribution in [3.05, 3.63) is 34.9 Å². The molecule has 16 heavy (non-hydrogen) atoms. The van der Waals surface area contributed by atoms with Crippen LogP contribution in [0.4, 0.5) is 0 Å². The maximum atomic E-state index is 10.7. The zero-order valence-corrected chi connectivity index (χ0v) is 10.7. The van der Waals surface area contributed by atoms with Gasteiger partial charge in [0.15, 0.2) is 0 Å². The smallest absolute Gasteiger partial charge is 0.0902 e. The standard InChI is InChI=1S/C14H19ClO/c1-10-6-11(2)9-14(16,8-10)12-4-3-5-13(15)7-12/h3-5,7,10-11,16H,6,8-9H2,1-2H3. The van der Waals surface area contributed by atoms with E-state index in [2.05, 4.69) is 13.8 Å². The average Bonchev–Trinajstić information content (AvgIpc) is 2.15. The summed E-state index contributed by atoms with van der Waals surface area (Å²) in [4.78, 5) is 0. The molecule has 1 saturated carbocycles. The maximum absolute atomic E-state index is 10.7. The minimum absolute atomic E-state index is 0.577. The molecule has 1 N–H and O–H groups in total.